The molecule has 0 aliphatic carbocycles. The van der Waals surface area contributed by atoms with Crippen LogP contribution in [0.25, 0.3) is 0 Å². The summed E-state index contributed by atoms with van der Waals surface area (Å²) in [6, 6.07) is -0.619. The Hall–Kier alpha value is -2.71. The molecule has 8 nitrogen and oxygen atoms in total. The van der Waals surface area contributed by atoms with Gasteiger partial charge in [-0.3, -0.25) is 9.59 Å². The Bertz CT molecular complexity index is 1250. The molecule has 2 unspecified atom stereocenters. The van der Waals surface area contributed by atoms with E-state index in [2.05, 4.69) is 62.5 Å². The van der Waals surface area contributed by atoms with Gasteiger partial charge >= 0.3 is 17.9 Å². The van der Waals surface area contributed by atoms with Crippen molar-refractivity contribution < 1.29 is 38.2 Å². The third-order valence-corrected chi connectivity index (χ3v) is 13.0. The zero-order valence-electron chi connectivity index (χ0n) is 45.3. The van der Waals surface area contributed by atoms with Crippen LogP contribution < -0.4 is 0 Å². The molecular weight excluding hydrogens is 847 g/mol. The van der Waals surface area contributed by atoms with Crippen molar-refractivity contribution in [3.8, 4) is 0 Å². The molecule has 0 radical (unpaired) electrons. The van der Waals surface area contributed by atoms with Crippen molar-refractivity contribution in [2.45, 2.75) is 276 Å². The Balaban J connectivity index is 4.19. The third kappa shape index (κ3) is 48.3. The topological polar surface area (TPSA) is 99.1 Å². The standard InChI is InChI=1S/C60H109NO7/c1-6-8-10-12-14-16-18-20-22-24-26-28-29-31-33-35-37-39-41-43-45-47-49-51-59(63)68-56(54-66-53-52-57(60(64)65)61(3,4)5)55-67-58(62)50-48-46-44-42-40-38-36-34-32-30-27-25-23-21-19-17-15-13-11-9-7-2/h15,17,21,23,27,30,34,36,56-57H,6-14,16,18-20,22,24-26,28-29,31-33,35,37-55H2,1-5H3/p+1/b17-15+,23-21+,30-27+,36-34+. The number of nitrogens with zero attached hydrogens (tertiary/aromatic N) is 1. The lowest BCUT2D eigenvalue weighted by atomic mass is 10.0. The number of quaternary nitrogens is 1. The maximum Gasteiger partial charge on any atom is 0.362 e. The fraction of sp³-hybridized carbons (Fsp3) is 0.817. The molecule has 0 saturated carbocycles. The van der Waals surface area contributed by atoms with Gasteiger partial charge in [0.05, 0.1) is 34.4 Å². The van der Waals surface area contributed by atoms with Crippen LogP contribution in [0.1, 0.15) is 264 Å². The Morgan fingerprint density at radius 1 is 0.441 bits per heavy atom. The van der Waals surface area contributed by atoms with E-state index in [1.165, 1.54) is 154 Å². The molecule has 0 rings (SSSR count). The molecule has 68 heavy (non-hydrogen) atoms. The summed E-state index contributed by atoms with van der Waals surface area (Å²) in [6.45, 7) is 4.73. The largest absolute Gasteiger partial charge is 0.477 e. The van der Waals surface area contributed by atoms with Gasteiger partial charge in [-0.1, -0.05) is 236 Å². The highest BCUT2D eigenvalue weighted by Crippen LogP contribution is 2.17. The first-order valence-electron chi connectivity index (χ1n) is 28.7. The van der Waals surface area contributed by atoms with Crippen molar-refractivity contribution in [1.29, 1.82) is 0 Å². The Morgan fingerprint density at radius 2 is 0.779 bits per heavy atom. The Kier molecular flexibility index (Phi) is 48.7. The van der Waals surface area contributed by atoms with Crippen molar-refractivity contribution >= 4 is 17.9 Å². The number of esters is 2. The number of allylic oxidation sites excluding steroid dienone is 8. The number of likely N-dealkylation sites (N-methyl/N-ethyl adjacent to an activating group) is 1. The number of carbonyl (C=O) groups is 3. The number of carboxylic acids is 1. The van der Waals surface area contributed by atoms with Crippen LogP contribution in [0.15, 0.2) is 48.6 Å². The molecule has 1 N–H and O–H groups in total. The molecule has 0 saturated heterocycles. The first-order chi connectivity index (χ1) is 33.1. The second-order valence-electron chi connectivity index (χ2n) is 20.6. The molecule has 0 aliphatic rings. The highest BCUT2D eigenvalue weighted by Gasteiger charge is 2.31. The molecule has 0 aromatic heterocycles. The van der Waals surface area contributed by atoms with E-state index < -0.39 is 18.1 Å². The smallest absolute Gasteiger partial charge is 0.362 e. The molecule has 0 fully saturated rings. The van der Waals surface area contributed by atoms with Gasteiger partial charge in [-0.2, -0.15) is 0 Å². The second kappa shape index (κ2) is 50.7. The minimum absolute atomic E-state index is 0.0569. The molecule has 0 heterocycles. The van der Waals surface area contributed by atoms with Crippen LogP contribution in [0, 0.1) is 0 Å². The zero-order valence-corrected chi connectivity index (χ0v) is 45.3. The fourth-order valence-electron chi connectivity index (χ4n) is 8.55. The summed E-state index contributed by atoms with van der Waals surface area (Å²) in [6.07, 6.45) is 63.1. The lowest BCUT2D eigenvalue weighted by molar-refractivity contribution is -0.887. The maximum absolute atomic E-state index is 12.8. The van der Waals surface area contributed by atoms with E-state index >= 15 is 0 Å². The van der Waals surface area contributed by atoms with Gasteiger partial charge in [-0.25, -0.2) is 4.79 Å². The number of ether oxygens (including phenoxy) is 3. The van der Waals surface area contributed by atoms with Crippen LogP contribution in [0.5, 0.6) is 0 Å². The summed E-state index contributed by atoms with van der Waals surface area (Å²) in [4.78, 5) is 37.3. The first kappa shape index (κ1) is 65.3. The average molecular weight is 958 g/mol. The quantitative estimate of drug-likeness (QED) is 0.0281. The second-order valence-corrected chi connectivity index (χ2v) is 20.6. The van der Waals surface area contributed by atoms with E-state index in [4.69, 9.17) is 14.2 Å². The van der Waals surface area contributed by atoms with Gasteiger partial charge in [0, 0.05) is 19.3 Å². The first-order valence-corrected chi connectivity index (χ1v) is 28.7. The van der Waals surface area contributed by atoms with E-state index in [-0.39, 0.29) is 36.2 Å². The van der Waals surface area contributed by atoms with E-state index in [1.807, 2.05) is 21.1 Å². The third-order valence-electron chi connectivity index (χ3n) is 13.0. The van der Waals surface area contributed by atoms with Crippen LogP contribution in [-0.4, -0.2) is 80.6 Å². The van der Waals surface area contributed by atoms with E-state index in [1.54, 1.807) is 0 Å². The number of carbonyl (C=O) groups excluding carboxylic acids is 2. The van der Waals surface area contributed by atoms with Crippen LogP contribution in [-0.2, 0) is 28.6 Å². The van der Waals surface area contributed by atoms with Gasteiger partial charge in [0.1, 0.15) is 6.61 Å². The summed E-state index contributed by atoms with van der Waals surface area (Å²) in [5, 5.41) is 9.68. The normalized spacial score (nSPS) is 13.1. The van der Waals surface area contributed by atoms with Crippen molar-refractivity contribution in [3.63, 3.8) is 0 Å². The predicted octanol–water partition coefficient (Wildman–Crippen LogP) is 17.1. The van der Waals surface area contributed by atoms with Gasteiger partial charge in [0.15, 0.2) is 12.1 Å². The van der Waals surface area contributed by atoms with Crippen LogP contribution in [0.2, 0.25) is 0 Å². The molecule has 0 spiro atoms. The molecule has 0 bridgehead atoms. The van der Waals surface area contributed by atoms with Gasteiger partial charge in [-0.15, -0.1) is 0 Å². The molecule has 0 amide bonds. The van der Waals surface area contributed by atoms with Crippen LogP contribution >= 0.6 is 0 Å². The number of hydrogen-bond acceptors (Lipinski definition) is 6. The highest BCUT2D eigenvalue weighted by atomic mass is 16.6. The number of aliphatic carboxylic acids is 1. The molecule has 396 valence electrons. The number of unbranched alkanes of at least 4 members (excludes halogenated alkanes) is 30. The van der Waals surface area contributed by atoms with Crippen molar-refractivity contribution in [2.24, 2.45) is 0 Å². The van der Waals surface area contributed by atoms with E-state index in [0.717, 1.165) is 77.0 Å². The average Bonchev–Trinajstić information content (AvgIpc) is 3.30. The SMILES string of the molecule is CCCCC/C=C/C/C=C/C/C=C/C/C=C/CCCCCCCC(=O)OCC(COCCC(C(=O)O)[N+](C)(C)C)OC(=O)CCCCCCCCCCCCCCCCCCCCCCCCC. The summed E-state index contributed by atoms with van der Waals surface area (Å²) in [7, 11) is 5.54. The highest BCUT2D eigenvalue weighted by molar-refractivity contribution is 5.72. The monoisotopic (exact) mass is 957 g/mol. The van der Waals surface area contributed by atoms with Gasteiger partial charge in [-0.05, 0) is 57.8 Å². The number of rotatable bonds is 52. The molecule has 0 aromatic rings. The van der Waals surface area contributed by atoms with E-state index in [0.29, 0.717) is 19.3 Å². The minimum atomic E-state index is -0.875. The summed E-state index contributed by atoms with van der Waals surface area (Å²) in [5.74, 6) is -1.48. The lowest BCUT2D eigenvalue weighted by Crippen LogP contribution is -2.50. The summed E-state index contributed by atoms with van der Waals surface area (Å²) >= 11 is 0. The molecule has 0 aromatic carbocycles. The molecular formula is C60H110NO7+. The van der Waals surface area contributed by atoms with Crippen molar-refractivity contribution in [3.05, 3.63) is 48.6 Å². The zero-order chi connectivity index (χ0) is 49.9. The Labute approximate surface area is 420 Å². The summed E-state index contributed by atoms with van der Waals surface area (Å²) in [5.41, 5.74) is 0. The number of hydrogen-bond donors (Lipinski definition) is 1. The number of carboxylic acid groups (broad SMARTS) is 1. The maximum atomic E-state index is 12.8. The molecule has 8 heteroatoms. The van der Waals surface area contributed by atoms with Crippen molar-refractivity contribution in [2.75, 3.05) is 41.0 Å². The lowest BCUT2D eigenvalue weighted by Gasteiger charge is -2.31. The molecule has 2 atom stereocenters. The van der Waals surface area contributed by atoms with Gasteiger partial charge in [0.2, 0.25) is 0 Å². The van der Waals surface area contributed by atoms with Gasteiger partial charge in [0.25, 0.3) is 0 Å². The predicted molar refractivity (Wildman–Crippen MR) is 289 cm³/mol. The van der Waals surface area contributed by atoms with Crippen LogP contribution in [0.3, 0.4) is 0 Å². The molecule has 0 aliphatic heterocycles. The van der Waals surface area contributed by atoms with Crippen LogP contribution in [0.4, 0.5) is 0 Å². The van der Waals surface area contributed by atoms with Gasteiger partial charge < -0.3 is 23.8 Å². The van der Waals surface area contributed by atoms with Crippen molar-refractivity contribution in [1.82, 2.24) is 0 Å². The van der Waals surface area contributed by atoms with E-state index in [9.17, 15) is 19.5 Å². The summed E-state index contributed by atoms with van der Waals surface area (Å²) < 4.78 is 17.4. The Morgan fingerprint density at radius 3 is 1.18 bits per heavy atom. The fourth-order valence-corrected chi connectivity index (χ4v) is 8.55. The minimum Gasteiger partial charge on any atom is -0.477 e.